The molecule has 1 unspecified atom stereocenters. The molecule has 0 heterocycles. The van der Waals surface area contributed by atoms with Gasteiger partial charge in [-0.3, -0.25) is 4.79 Å². The SMILES string of the molecule is COCc1cccc(C(=O)NC(C)c2cccc(Cl)c2)c1. The number of rotatable bonds is 5. The summed E-state index contributed by atoms with van der Waals surface area (Å²) in [6, 6.07) is 14.8. The second-order valence-electron chi connectivity index (χ2n) is 4.88. The van der Waals surface area contributed by atoms with Gasteiger partial charge in [0, 0.05) is 17.7 Å². The average Bonchev–Trinajstić information content (AvgIpc) is 2.48. The quantitative estimate of drug-likeness (QED) is 0.907. The van der Waals surface area contributed by atoms with Crippen LogP contribution in [-0.2, 0) is 11.3 Å². The zero-order chi connectivity index (χ0) is 15.2. The molecule has 0 aliphatic carbocycles. The van der Waals surface area contributed by atoms with Crippen molar-refractivity contribution in [3.63, 3.8) is 0 Å². The number of halogens is 1. The van der Waals surface area contributed by atoms with Gasteiger partial charge in [0.05, 0.1) is 12.6 Å². The lowest BCUT2D eigenvalue weighted by Crippen LogP contribution is -2.26. The van der Waals surface area contributed by atoms with Gasteiger partial charge in [0.25, 0.3) is 5.91 Å². The smallest absolute Gasteiger partial charge is 0.251 e. The number of amides is 1. The number of ether oxygens (including phenoxy) is 1. The summed E-state index contributed by atoms with van der Waals surface area (Å²) in [5, 5.41) is 3.63. The normalized spacial score (nSPS) is 12.0. The van der Waals surface area contributed by atoms with Crippen LogP contribution in [0.15, 0.2) is 48.5 Å². The second kappa shape index (κ2) is 7.25. The van der Waals surface area contributed by atoms with Crippen molar-refractivity contribution in [3.8, 4) is 0 Å². The maximum atomic E-state index is 12.3. The fourth-order valence-corrected chi connectivity index (χ4v) is 2.31. The summed E-state index contributed by atoms with van der Waals surface area (Å²) in [5.74, 6) is -0.111. The highest BCUT2D eigenvalue weighted by atomic mass is 35.5. The van der Waals surface area contributed by atoms with Gasteiger partial charge in [-0.2, -0.15) is 0 Å². The number of nitrogens with one attached hydrogen (secondary N) is 1. The van der Waals surface area contributed by atoms with Crippen LogP contribution in [0.2, 0.25) is 5.02 Å². The second-order valence-corrected chi connectivity index (χ2v) is 5.32. The number of carbonyl (C=O) groups is 1. The molecule has 110 valence electrons. The lowest BCUT2D eigenvalue weighted by Gasteiger charge is -2.15. The van der Waals surface area contributed by atoms with Crippen molar-refractivity contribution < 1.29 is 9.53 Å². The Morgan fingerprint density at radius 2 is 2.00 bits per heavy atom. The van der Waals surface area contributed by atoms with E-state index in [0.29, 0.717) is 17.2 Å². The molecule has 0 aromatic heterocycles. The van der Waals surface area contributed by atoms with Crippen molar-refractivity contribution in [2.24, 2.45) is 0 Å². The third-order valence-electron chi connectivity index (χ3n) is 3.20. The van der Waals surface area contributed by atoms with Crippen LogP contribution in [0.1, 0.15) is 34.5 Å². The highest BCUT2D eigenvalue weighted by Gasteiger charge is 2.12. The molecule has 4 heteroatoms. The van der Waals surface area contributed by atoms with E-state index in [2.05, 4.69) is 5.32 Å². The zero-order valence-corrected chi connectivity index (χ0v) is 12.9. The minimum Gasteiger partial charge on any atom is -0.380 e. The summed E-state index contributed by atoms with van der Waals surface area (Å²) in [6.07, 6.45) is 0. The molecule has 3 nitrogen and oxygen atoms in total. The predicted octanol–water partition coefficient (Wildman–Crippen LogP) is 3.98. The molecule has 1 amide bonds. The predicted molar refractivity (Wildman–Crippen MR) is 84.5 cm³/mol. The van der Waals surface area contributed by atoms with Crippen LogP contribution >= 0.6 is 11.6 Å². The standard InChI is InChI=1S/C17H18ClNO2/c1-12(14-6-4-8-16(18)10-14)19-17(20)15-7-3-5-13(9-15)11-21-2/h3-10,12H,11H2,1-2H3,(H,19,20). The molecule has 0 saturated heterocycles. The molecule has 1 atom stereocenters. The number of hydrogen-bond acceptors (Lipinski definition) is 2. The van der Waals surface area contributed by atoms with E-state index >= 15 is 0 Å². The summed E-state index contributed by atoms with van der Waals surface area (Å²) in [5.41, 5.74) is 2.57. The molecule has 0 radical (unpaired) electrons. The van der Waals surface area contributed by atoms with Crippen LogP contribution in [-0.4, -0.2) is 13.0 Å². The first-order valence-corrected chi connectivity index (χ1v) is 7.12. The highest BCUT2D eigenvalue weighted by Crippen LogP contribution is 2.18. The number of carbonyl (C=O) groups excluding carboxylic acids is 1. The van der Waals surface area contributed by atoms with E-state index < -0.39 is 0 Å². The summed E-state index contributed by atoms with van der Waals surface area (Å²) in [7, 11) is 1.63. The Bertz CT molecular complexity index is 628. The molecule has 2 aromatic carbocycles. The molecule has 1 N–H and O–H groups in total. The first kappa shape index (κ1) is 15.5. The molecule has 0 spiro atoms. The van der Waals surface area contributed by atoms with E-state index in [0.717, 1.165) is 11.1 Å². The zero-order valence-electron chi connectivity index (χ0n) is 12.1. The summed E-state index contributed by atoms with van der Waals surface area (Å²) in [4.78, 5) is 12.3. The topological polar surface area (TPSA) is 38.3 Å². The maximum Gasteiger partial charge on any atom is 0.251 e. The van der Waals surface area contributed by atoms with E-state index in [-0.39, 0.29) is 11.9 Å². The minimum atomic E-state index is -0.111. The number of hydrogen-bond donors (Lipinski definition) is 1. The fourth-order valence-electron chi connectivity index (χ4n) is 2.11. The first-order chi connectivity index (χ1) is 10.1. The van der Waals surface area contributed by atoms with Gasteiger partial charge in [0.2, 0.25) is 0 Å². The third-order valence-corrected chi connectivity index (χ3v) is 3.43. The summed E-state index contributed by atoms with van der Waals surface area (Å²) >= 11 is 5.97. The Labute approximate surface area is 129 Å². The first-order valence-electron chi connectivity index (χ1n) is 6.74. The maximum absolute atomic E-state index is 12.3. The molecular weight excluding hydrogens is 286 g/mol. The highest BCUT2D eigenvalue weighted by molar-refractivity contribution is 6.30. The third kappa shape index (κ3) is 4.31. The summed E-state index contributed by atoms with van der Waals surface area (Å²) < 4.78 is 5.08. The molecule has 21 heavy (non-hydrogen) atoms. The van der Waals surface area contributed by atoms with E-state index in [9.17, 15) is 4.79 Å². The van der Waals surface area contributed by atoms with Gasteiger partial charge >= 0.3 is 0 Å². The molecule has 0 aliphatic rings. The average molecular weight is 304 g/mol. The molecule has 2 aromatic rings. The van der Waals surface area contributed by atoms with Gasteiger partial charge < -0.3 is 10.1 Å². The molecular formula is C17H18ClNO2. The van der Waals surface area contributed by atoms with Gasteiger partial charge in [-0.1, -0.05) is 35.9 Å². The van der Waals surface area contributed by atoms with E-state index in [1.165, 1.54) is 0 Å². The Hall–Kier alpha value is -1.84. The Balaban J connectivity index is 2.08. The molecule has 0 aliphatic heterocycles. The summed E-state index contributed by atoms with van der Waals surface area (Å²) in [6.45, 7) is 2.42. The van der Waals surface area contributed by atoms with Crippen molar-refractivity contribution in [1.82, 2.24) is 5.32 Å². The van der Waals surface area contributed by atoms with Crippen molar-refractivity contribution in [1.29, 1.82) is 0 Å². The van der Waals surface area contributed by atoms with Gasteiger partial charge in [0.15, 0.2) is 0 Å². The van der Waals surface area contributed by atoms with Gasteiger partial charge in [0.1, 0.15) is 0 Å². The largest absolute Gasteiger partial charge is 0.380 e. The van der Waals surface area contributed by atoms with E-state index in [1.807, 2.05) is 49.4 Å². The molecule has 0 fully saturated rings. The van der Waals surface area contributed by atoms with Crippen LogP contribution in [0.25, 0.3) is 0 Å². The van der Waals surface area contributed by atoms with Crippen molar-refractivity contribution in [3.05, 3.63) is 70.2 Å². The molecule has 0 bridgehead atoms. The van der Waals surface area contributed by atoms with Gasteiger partial charge in [-0.15, -0.1) is 0 Å². The number of methoxy groups -OCH3 is 1. The van der Waals surface area contributed by atoms with Crippen molar-refractivity contribution >= 4 is 17.5 Å². The Morgan fingerprint density at radius 3 is 2.71 bits per heavy atom. The van der Waals surface area contributed by atoms with Gasteiger partial charge in [-0.05, 0) is 42.3 Å². The van der Waals surface area contributed by atoms with Gasteiger partial charge in [-0.25, -0.2) is 0 Å². The van der Waals surface area contributed by atoms with Crippen LogP contribution in [0.4, 0.5) is 0 Å². The van der Waals surface area contributed by atoms with Crippen LogP contribution in [0.5, 0.6) is 0 Å². The van der Waals surface area contributed by atoms with Crippen molar-refractivity contribution in [2.75, 3.05) is 7.11 Å². The van der Waals surface area contributed by atoms with E-state index in [1.54, 1.807) is 13.2 Å². The van der Waals surface area contributed by atoms with Crippen molar-refractivity contribution in [2.45, 2.75) is 19.6 Å². The monoisotopic (exact) mass is 303 g/mol. The van der Waals surface area contributed by atoms with Crippen LogP contribution in [0, 0.1) is 0 Å². The Morgan fingerprint density at radius 1 is 1.24 bits per heavy atom. The van der Waals surface area contributed by atoms with E-state index in [4.69, 9.17) is 16.3 Å². The van der Waals surface area contributed by atoms with Crippen LogP contribution < -0.4 is 5.32 Å². The van der Waals surface area contributed by atoms with Crippen LogP contribution in [0.3, 0.4) is 0 Å². The lowest BCUT2D eigenvalue weighted by molar-refractivity contribution is 0.0939. The minimum absolute atomic E-state index is 0.109. The molecule has 0 saturated carbocycles. The Kier molecular flexibility index (Phi) is 5.37. The fraction of sp³-hybridized carbons (Fsp3) is 0.235. The molecule has 2 rings (SSSR count). The number of benzene rings is 2. The lowest BCUT2D eigenvalue weighted by atomic mass is 10.1.